The summed E-state index contributed by atoms with van der Waals surface area (Å²) < 4.78 is 11.2. The number of hydrogen-bond donors (Lipinski definition) is 2. The Morgan fingerprint density at radius 1 is 1.20 bits per heavy atom. The number of carboxylic acid groups (broad SMARTS) is 1. The van der Waals surface area contributed by atoms with Crippen LogP contribution < -0.4 is 14.8 Å². The lowest BCUT2D eigenvalue weighted by Crippen LogP contribution is -2.41. The molecule has 1 atom stereocenters. The van der Waals surface area contributed by atoms with Gasteiger partial charge in [-0.25, -0.2) is 4.79 Å². The molecule has 0 bridgehead atoms. The molecule has 0 spiro atoms. The molecule has 0 aliphatic heterocycles. The molecule has 0 aliphatic rings. The van der Waals surface area contributed by atoms with Crippen LogP contribution in [0.15, 0.2) is 18.2 Å². The van der Waals surface area contributed by atoms with Crippen LogP contribution in [-0.2, 0) is 16.0 Å². The van der Waals surface area contributed by atoms with Crippen molar-refractivity contribution in [2.24, 2.45) is 0 Å². The van der Waals surface area contributed by atoms with Crippen LogP contribution in [0.5, 0.6) is 11.5 Å². The first-order valence-electron chi connectivity index (χ1n) is 8.78. The van der Waals surface area contributed by atoms with Gasteiger partial charge in [0.25, 0.3) is 0 Å². The highest BCUT2D eigenvalue weighted by atomic mass is 16.5. The Bertz CT molecular complexity index is 559. The molecule has 1 rings (SSSR count). The van der Waals surface area contributed by atoms with Crippen molar-refractivity contribution in [3.05, 3.63) is 23.8 Å². The summed E-state index contributed by atoms with van der Waals surface area (Å²) in [6.45, 7) is 4.02. The molecule has 0 aromatic heterocycles. The van der Waals surface area contributed by atoms with Gasteiger partial charge in [0.1, 0.15) is 6.04 Å². The summed E-state index contributed by atoms with van der Waals surface area (Å²) in [5, 5.41) is 11.8. The number of unbranched alkanes of at least 4 members (excludes halogenated alkanes) is 4. The molecule has 0 aliphatic carbocycles. The highest BCUT2D eigenvalue weighted by molar-refractivity contribution is 5.82. The maximum Gasteiger partial charge on any atom is 0.326 e. The van der Waals surface area contributed by atoms with E-state index in [4.69, 9.17) is 9.47 Å². The number of nitrogens with one attached hydrogen (secondary N) is 1. The number of methoxy groups -OCH3 is 1. The van der Waals surface area contributed by atoms with Crippen molar-refractivity contribution in [2.45, 2.75) is 58.4 Å². The molecule has 0 heterocycles. The minimum atomic E-state index is -1.08. The number of aliphatic carboxylic acids is 1. The number of benzene rings is 1. The molecule has 1 aromatic carbocycles. The third-order valence-electron chi connectivity index (χ3n) is 3.87. The van der Waals surface area contributed by atoms with Crippen LogP contribution in [0.3, 0.4) is 0 Å². The van der Waals surface area contributed by atoms with Crippen molar-refractivity contribution in [3.63, 3.8) is 0 Å². The molecular formula is C19H29NO5. The summed E-state index contributed by atoms with van der Waals surface area (Å²) >= 11 is 0. The van der Waals surface area contributed by atoms with E-state index in [0.29, 0.717) is 23.7 Å². The molecular weight excluding hydrogens is 322 g/mol. The number of para-hydroxylation sites is 1. The highest BCUT2D eigenvalue weighted by Gasteiger charge is 2.22. The average Bonchev–Trinajstić information content (AvgIpc) is 2.57. The molecule has 6 nitrogen and oxygen atoms in total. The zero-order valence-corrected chi connectivity index (χ0v) is 15.3. The van der Waals surface area contributed by atoms with Crippen molar-refractivity contribution in [3.8, 4) is 11.5 Å². The predicted molar refractivity (Wildman–Crippen MR) is 96.2 cm³/mol. The summed E-state index contributed by atoms with van der Waals surface area (Å²) in [6, 6.07) is 4.36. The van der Waals surface area contributed by atoms with E-state index >= 15 is 0 Å². The quantitative estimate of drug-likeness (QED) is 0.565. The van der Waals surface area contributed by atoms with Crippen molar-refractivity contribution >= 4 is 11.9 Å². The molecule has 6 heteroatoms. The van der Waals surface area contributed by atoms with Crippen molar-refractivity contribution in [1.29, 1.82) is 0 Å². The zero-order valence-electron chi connectivity index (χ0n) is 15.3. The van der Waals surface area contributed by atoms with Gasteiger partial charge in [0, 0.05) is 18.9 Å². The normalized spacial score (nSPS) is 11.6. The number of carbonyl (C=O) groups is 2. The van der Waals surface area contributed by atoms with Crippen molar-refractivity contribution in [1.82, 2.24) is 5.32 Å². The number of ether oxygens (including phenoxy) is 2. The Labute approximate surface area is 149 Å². The first-order valence-corrected chi connectivity index (χ1v) is 8.78. The maximum atomic E-state index is 11.4. The summed E-state index contributed by atoms with van der Waals surface area (Å²) in [6.07, 6.45) is 5.77. The van der Waals surface area contributed by atoms with Gasteiger partial charge in [-0.2, -0.15) is 0 Å². The van der Waals surface area contributed by atoms with Gasteiger partial charge in [-0.3, -0.25) is 4.79 Å². The van der Waals surface area contributed by atoms with E-state index in [-0.39, 0.29) is 12.3 Å². The van der Waals surface area contributed by atoms with E-state index in [0.717, 1.165) is 12.8 Å². The first kappa shape index (κ1) is 20.8. The van der Waals surface area contributed by atoms with Gasteiger partial charge in [-0.05, 0) is 12.5 Å². The number of rotatable bonds is 12. The Kier molecular flexibility index (Phi) is 9.43. The van der Waals surface area contributed by atoms with Gasteiger partial charge < -0.3 is 19.9 Å². The van der Waals surface area contributed by atoms with Gasteiger partial charge in [-0.15, -0.1) is 0 Å². The summed E-state index contributed by atoms with van der Waals surface area (Å²) in [5.41, 5.74) is 0.703. The second-order valence-corrected chi connectivity index (χ2v) is 6.01. The van der Waals surface area contributed by atoms with Crippen LogP contribution in [-0.4, -0.2) is 36.7 Å². The lowest BCUT2D eigenvalue weighted by molar-refractivity contribution is -0.141. The SMILES string of the molecule is CCCCCCCOc1c(CC(NC(C)=O)C(=O)O)cccc1OC. The minimum absolute atomic E-state index is 0.136. The fourth-order valence-electron chi connectivity index (χ4n) is 2.59. The van der Waals surface area contributed by atoms with E-state index in [1.807, 2.05) is 0 Å². The van der Waals surface area contributed by atoms with E-state index in [9.17, 15) is 14.7 Å². The molecule has 0 saturated heterocycles. The highest BCUT2D eigenvalue weighted by Crippen LogP contribution is 2.32. The Morgan fingerprint density at radius 3 is 2.52 bits per heavy atom. The van der Waals surface area contributed by atoms with Gasteiger partial charge >= 0.3 is 5.97 Å². The van der Waals surface area contributed by atoms with Crippen LogP contribution in [0.25, 0.3) is 0 Å². The van der Waals surface area contributed by atoms with E-state index < -0.39 is 12.0 Å². The standard InChI is InChI=1S/C19H29NO5/c1-4-5-6-7-8-12-25-18-15(10-9-11-17(18)24-3)13-16(19(22)23)20-14(2)21/h9-11,16H,4-8,12-13H2,1-3H3,(H,20,21)(H,22,23). The van der Waals surface area contributed by atoms with E-state index in [1.165, 1.54) is 26.2 Å². The predicted octanol–water partition coefficient (Wildman–Crippen LogP) is 3.18. The number of carboxylic acids is 1. The molecule has 1 amide bonds. The summed E-state index contributed by atoms with van der Waals surface area (Å²) in [7, 11) is 1.55. The van der Waals surface area contributed by atoms with Crippen LogP contribution in [0.1, 0.15) is 51.5 Å². The average molecular weight is 351 g/mol. The largest absolute Gasteiger partial charge is 0.493 e. The first-order chi connectivity index (χ1) is 12.0. The topological polar surface area (TPSA) is 84.9 Å². The molecule has 0 saturated carbocycles. The van der Waals surface area contributed by atoms with Crippen molar-refractivity contribution < 1.29 is 24.2 Å². The summed E-state index contributed by atoms with van der Waals surface area (Å²) in [5.74, 6) is -0.340. The van der Waals surface area contributed by atoms with E-state index in [2.05, 4.69) is 12.2 Å². The molecule has 1 unspecified atom stereocenters. The van der Waals surface area contributed by atoms with Gasteiger partial charge in [-0.1, -0.05) is 44.7 Å². The zero-order chi connectivity index (χ0) is 18.7. The number of amides is 1. The smallest absolute Gasteiger partial charge is 0.326 e. The Hall–Kier alpha value is -2.24. The molecule has 140 valence electrons. The van der Waals surface area contributed by atoms with Crippen molar-refractivity contribution in [2.75, 3.05) is 13.7 Å². The lowest BCUT2D eigenvalue weighted by Gasteiger charge is -2.18. The van der Waals surface area contributed by atoms with E-state index in [1.54, 1.807) is 25.3 Å². The summed E-state index contributed by atoms with van der Waals surface area (Å²) in [4.78, 5) is 22.6. The molecule has 0 radical (unpaired) electrons. The van der Waals surface area contributed by atoms with Gasteiger partial charge in [0.15, 0.2) is 11.5 Å². The fraction of sp³-hybridized carbons (Fsp3) is 0.579. The maximum absolute atomic E-state index is 11.4. The monoisotopic (exact) mass is 351 g/mol. The Morgan fingerprint density at radius 2 is 1.92 bits per heavy atom. The second-order valence-electron chi connectivity index (χ2n) is 6.01. The number of hydrogen-bond acceptors (Lipinski definition) is 4. The van der Waals surface area contributed by atoms with Gasteiger partial charge in [0.05, 0.1) is 13.7 Å². The molecule has 1 aromatic rings. The fourth-order valence-corrected chi connectivity index (χ4v) is 2.59. The molecule has 0 fully saturated rings. The molecule has 2 N–H and O–H groups in total. The van der Waals surface area contributed by atoms with Crippen LogP contribution in [0.4, 0.5) is 0 Å². The minimum Gasteiger partial charge on any atom is -0.493 e. The van der Waals surface area contributed by atoms with Crippen LogP contribution in [0, 0.1) is 0 Å². The Balaban J connectivity index is 2.80. The van der Waals surface area contributed by atoms with Crippen LogP contribution in [0.2, 0.25) is 0 Å². The second kappa shape index (κ2) is 11.3. The third kappa shape index (κ3) is 7.45. The lowest BCUT2D eigenvalue weighted by atomic mass is 10.0. The number of carbonyl (C=O) groups excluding carboxylic acids is 1. The molecule has 25 heavy (non-hydrogen) atoms. The van der Waals surface area contributed by atoms with Crippen LogP contribution >= 0.6 is 0 Å². The third-order valence-corrected chi connectivity index (χ3v) is 3.87. The van der Waals surface area contributed by atoms with Gasteiger partial charge in [0.2, 0.25) is 5.91 Å².